The first-order valence-corrected chi connectivity index (χ1v) is 10.9. The second-order valence-corrected chi connectivity index (χ2v) is 8.93. The lowest BCUT2D eigenvalue weighted by molar-refractivity contribution is 0.240. The van der Waals surface area contributed by atoms with Gasteiger partial charge in [-0.05, 0) is 62.7 Å². The highest BCUT2D eigenvalue weighted by molar-refractivity contribution is 7.89. The second kappa shape index (κ2) is 8.61. The molecular weight excluding hydrogens is 384 g/mol. The number of halogens is 1. The maximum atomic E-state index is 12.9. The number of rotatable bonds is 7. The normalized spacial score (nSPS) is 16.4. The van der Waals surface area contributed by atoms with E-state index in [4.69, 9.17) is 16.3 Å². The maximum Gasteiger partial charge on any atom is 0.240 e. The SMILES string of the molecule is COc1ccccc1C(CNS(=O)(=O)c1ccc(Cl)cc1C)N1CCCC1. The highest BCUT2D eigenvalue weighted by Crippen LogP contribution is 2.31. The predicted octanol–water partition coefficient (Wildman–Crippen LogP) is 3.77. The van der Waals surface area contributed by atoms with Gasteiger partial charge in [0.1, 0.15) is 5.75 Å². The topological polar surface area (TPSA) is 58.6 Å². The molecule has 0 amide bonds. The van der Waals surface area contributed by atoms with Gasteiger partial charge in [0.15, 0.2) is 0 Å². The fourth-order valence-corrected chi connectivity index (χ4v) is 5.10. The molecule has 2 aromatic carbocycles. The summed E-state index contributed by atoms with van der Waals surface area (Å²) in [6.07, 6.45) is 2.24. The molecule has 0 spiro atoms. The van der Waals surface area contributed by atoms with Gasteiger partial charge in [0.05, 0.1) is 18.0 Å². The van der Waals surface area contributed by atoms with Crippen molar-refractivity contribution in [2.75, 3.05) is 26.7 Å². The summed E-state index contributed by atoms with van der Waals surface area (Å²) in [5.41, 5.74) is 1.63. The Morgan fingerprint density at radius 3 is 2.56 bits per heavy atom. The molecule has 1 unspecified atom stereocenters. The molecule has 1 N–H and O–H groups in total. The lowest BCUT2D eigenvalue weighted by Gasteiger charge is -2.29. The lowest BCUT2D eigenvalue weighted by atomic mass is 10.0. The highest BCUT2D eigenvalue weighted by atomic mass is 35.5. The Bertz CT molecular complexity index is 896. The molecular formula is C20H25ClN2O3S. The third kappa shape index (κ3) is 4.63. The monoisotopic (exact) mass is 408 g/mol. The molecule has 1 atom stereocenters. The zero-order chi connectivity index (χ0) is 19.4. The van der Waals surface area contributed by atoms with Gasteiger partial charge in [0.25, 0.3) is 0 Å². The zero-order valence-electron chi connectivity index (χ0n) is 15.6. The number of methoxy groups -OCH3 is 1. The van der Waals surface area contributed by atoms with Gasteiger partial charge in [0, 0.05) is 17.1 Å². The van der Waals surface area contributed by atoms with Crippen molar-refractivity contribution in [1.82, 2.24) is 9.62 Å². The van der Waals surface area contributed by atoms with Crippen molar-refractivity contribution in [2.45, 2.75) is 30.7 Å². The average molecular weight is 409 g/mol. The molecule has 1 saturated heterocycles. The number of hydrogen-bond donors (Lipinski definition) is 1. The summed E-state index contributed by atoms with van der Waals surface area (Å²) in [7, 11) is -2.00. The Morgan fingerprint density at radius 1 is 1.19 bits per heavy atom. The fraction of sp³-hybridized carbons (Fsp3) is 0.400. The molecule has 1 aliphatic heterocycles. The van der Waals surface area contributed by atoms with Crippen molar-refractivity contribution in [3.05, 3.63) is 58.6 Å². The second-order valence-electron chi connectivity index (χ2n) is 6.76. The van der Waals surface area contributed by atoms with Crippen LogP contribution in [0.2, 0.25) is 5.02 Å². The van der Waals surface area contributed by atoms with Crippen molar-refractivity contribution in [1.29, 1.82) is 0 Å². The fourth-order valence-electron chi connectivity index (χ4n) is 3.61. The molecule has 1 heterocycles. The van der Waals surface area contributed by atoms with Gasteiger partial charge in [-0.25, -0.2) is 13.1 Å². The number of nitrogens with one attached hydrogen (secondary N) is 1. The largest absolute Gasteiger partial charge is 0.496 e. The van der Waals surface area contributed by atoms with E-state index in [-0.39, 0.29) is 17.5 Å². The zero-order valence-corrected chi connectivity index (χ0v) is 17.2. The van der Waals surface area contributed by atoms with Gasteiger partial charge in [-0.15, -0.1) is 0 Å². The first-order chi connectivity index (χ1) is 12.9. The van der Waals surface area contributed by atoms with Crippen LogP contribution in [0.5, 0.6) is 5.75 Å². The smallest absolute Gasteiger partial charge is 0.240 e. The number of nitrogens with zero attached hydrogens (tertiary/aromatic N) is 1. The van der Waals surface area contributed by atoms with Gasteiger partial charge in [0.2, 0.25) is 10.0 Å². The van der Waals surface area contributed by atoms with E-state index in [2.05, 4.69) is 9.62 Å². The van der Waals surface area contributed by atoms with Gasteiger partial charge < -0.3 is 4.74 Å². The minimum atomic E-state index is -3.64. The molecule has 0 saturated carbocycles. The quantitative estimate of drug-likeness (QED) is 0.757. The van der Waals surface area contributed by atoms with Crippen molar-refractivity contribution in [2.24, 2.45) is 0 Å². The van der Waals surface area contributed by atoms with Crippen LogP contribution in [-0.4, -0.2) is 40.1 Å². The van der Waals surface area contributed by atoms with Crippen LogP contribution in [0.25, 0.3) is 0 Å². The van der Waals surface area contributed by atoms with Gasteiger partial charge in [-0.2, -0.15) is 0 Å². The van der Waals surface area contributed by atoms with Gasteiger partial charge in [-0.1, -0.05) is 29.8 Å². The molecule has 1 fully saturated rings. The van der Waals surface area contributed by atoms with E-state index in [1.54, 1.807) is 32.2 Å². The number of benzene rings is 2. The number of aryl methyl sites for hydroxylation is 1. The van der Waals surface area contributed by atoms with E-state index >= 15 is 0 Å². The summed E-state index contributed by atoms with van der Waals surface area (Å²) in [4.78, 5) is 2.57. The molecule has 0 aliphatic carbocycles. The van der Waals surface area contributed by atoms with E-state index in [0.29, 0.717) is 10.6 Å². The number of para-hydroxylation sites is 1. The summed E-state index contributed by atoms with van der Waals surface area (Å²) >= 11 is 5.96. The maximum absolute atomic E-state index is 12.9. The summed E-state index contributed by atoms with van der Waals surface area (Å²) in [5, 5.41) is 0.524. The van der Waals surface area contributed by atoms with E-state index in [0.717, 1.165) is 37.2 Å². The number of hydrogen-bond acceptors (Lipinski definition) is 4. The Balaban J connectivity index is 1.86. The minimum Gasteiger partial charge on any atom is -0.496 e. The predicted molar refractivity (Wildman–Crippen MR) is 108 cm³/mol. The third-order valence-corrected chi connectivity index (χ3v) is 6.79. The van der Waals surface area contributed by atoms with Crippen LogP contribution in [0.15, 0.2) is 47.4 Å². The Hall–Kier alpha value is -1.60. The molecule has 0 bridgehead atoms. The molecule has 2 aromatic rings. The van der Waals surface area contributed by atoms with E-state index in [9.17, 15) is 8.42 Å². The van der Waals surface area contributed by atoms with Crippen LogP contribution < -0.4 is 9.46 Å². The standard InChI is InChI=1S/C20H25ClN2O3S/c1-15-13-16(21)9-10-20(15)27(24,25)22-14-18(23-11-5-6-12-23)17-7-3-4-8-19(17)26-2/h3-4,7-10,13,18,22H,5-6,11-12,14H2,1-2H3. The van der Waals surface area contributed by atoms with Crippen LogP contribution in [-0.2, 0) is 10.0 Å². The Kier molecular flexibility index (Phi) is 6.42. The number of likely N-dealkylation sites (tertiary alicyclic amines) is 1. The molecule has 1 aliphatic rings. The first-order valence-electron chi connectivity index (χ1n) is 9.05. The summed E-state index contributed by atoms with van der Waals surface area (Å²) in [5.74, 6) is 0.774. The van der Waals surface area contributed by atoms with Crippen LogP contribution in [0, 0.1) is 6.92 Å². The van der Waals surface area contributed by atoms with Crippen molar-refractivity contribution in [3.63, 3.8) is 0 Å². The van der Waals surface area contributed by atoms with Gasteiger partial charge >= 0.3 is 0 Å². The van der Waals surface area contributed by atoms with E-state index in [1.165, 1.54) is 0 Å². The van der Waals surface area contributed by atoms with Crippen molar-refractivity contribution >= 4 is 21.6 Å². The lowest BCUT2D eigenvalue weighted by Crippen LogP contribution is -2.37. The molecule has 146 valence electrons. The van der Waals surface area contributed by atoms with Crippen molar-refractivity contribution in [3.8, 4) is 5.75 Å². The van der Waals surface area contributed by atoms with E-state index < -0.39 is 10.0 Å². The highest BCUT2D eigenvalue weighted by Gasteiger charge is 2.28. The van der Waals surface area contributed by atoms with Crippen LogP contribution in [0.3, 0.4) is 0 Å². The van der Waals surface area contributed by atoms with Crippen molar-refractivity contribution < 1.29 is 13.2 Å². The summed E-state index contributed by atoms with van der Waals surface area (Å²) < 4.78 is 34.0. The summed E-state index contributed by atoms with van der Waals surface area (Å²) in [6.45, 7) is 3.93. The van der Waals surface area contributed by atoms with Crippen LogP contribution >= 0.6 is 11.6 Å². The first kappa shape index (κ1) is 20.1. The summed E-state index contributed by atoms with van der Waals surface area (Å²) in [6, 6.07) is 12.5. The molecule has 0 radical (unpaired) electrons. The van der Waals surface area contributed by atoms with E-state index in [1.807, 2.05) is 24.3 Å². The average Bonchev–Trinajstić information content (AvgIpc) is 3.16. The Morgan fingerprint density at radius 2 is 1.89 bits per heavy atom. The molecule has 7 heteroatoms. The Labute approximate surface area is 166 Å². The molecule has 27 heavy (non-hydrogen) atoms. The van der Waals surface area contributed by atoms with Crippen LogP contribution in [0.4, 0.5) is 0 Å². The molecule has 0 aromatic heterocycles. The third-order valence-electron chi connectivity index (χ3n) is 4.97. The van der Waals surface area contributed by atoms with Gasteiger partial charge in [-0.3, -0.25) is 4.90 Å². The van der Waals surface area contributed by atoms with Crippen LogP contribution in [0.1, 0.15) is 30.0 Å². The molecule has 3 rings (SSSR count). The molecule has 5 nitrogen and oxygen atoms in total. The number of ether oxygens (including phenoxy) is 1. The minimum absolute atomic E-state index is 0.0777. The number of sulfonamides is 1.